The monoisotopic (exact) mass is 364 g/mol. The molecule has 2 heterocycles. The van der Waals surface area contributed by atoms with E-state index in [0.29, 0.717) is 24.2 Å². The van der Waals surface area contributed by atoms with Gasteiger partial charge in [0.05, 0.1) is 13.1 Å². The first-order valence-electron chi connectivity index (χ1n) is 8.11. The highest BCUT2D eigenvalue weighted by Gasteiger charge is 2.54. The van der Waals surface area contributed by atoms with Crippen LogP contribution < -0.4 is 4.74 Å². The smallest absolute Gasteiger partial charge is 0.410 e. The number of amides is 1. The van der Waals surface area contributed by atoms with Gasteiger partial charge in [-0.1, -0.05) is 6.07 Å². The van der Waals surface area contributed by atoms with Crippen molar-refractivity contribution in [3.05, 3.63) is 48.0 Å². The molecule has 4 rings (SSSR count). The predicted octanol–water partition coefficient (Wildman–Crippen LogP) is 3.97. The molecule has 0 bridgehead atoms. The van der Waals surface area contributed by atoms with E-state index in [0.717, 1.165) is 24.5 Å². The van der Waals surface area contributed by atoms with Crippen LogP contribution in [0, 0.1) is 5.82 Å². The molecule has 1 aromatic carbocycles. The molecule has 1 aromatic heterocycles. The fourth-order valence-electron chi connectivity index (χ4n) is 3.04. The molecule has 1 amide bonds. The van der Waals surface area contributed by atoms with Crippen LogP contribution in [0.25, 0.3) is 11.1 Å². The molecule has 2 fully saturated rings. The number of hydrogen-bond donors (Lipinski definition) is 0. The van der Waals surface area contributed by atoms with Gasteiger partial charge in [-0.3, -0.25) is 9.88 Å². The average molecular weight is 364 g/mol. The second-order valence-electron chi connectivity index (χ2n) is 6.51. The van der Waals surface area contributed by atoms with Crippen molar-refractivity contribution in [2.75, 3.05) is 6.54 Å². The Bertz CT molecular complexity index is 855. The lowest BCUT2D eigenvalue weighted by atomic mass is 10.1. The van der Waals surface area contributed by atoms with Gasteiger partial charge >= 0.3 is 12.7 Å². The zero-order chi connectivity index (χ0) is 18.3. The topological polar surface area (TPSA) is 51.7 Å². The van der Waals surface area contributed by atoms with Crippen LogP contribution in [0.4, 0.5) is 18.0 Å². The van der Waals surface area contributed by atoms with Crippen LogP contribution in [0.3, 0.4) is 0 Å². The molecule has 26 heavy (non-hydrogen) atoms. The summed E-state index contributed by atoms with van der Waals surface area (Å²) in [6.07, 6.45) is 4.58. The third-order valence-electron chi connectivity index (χ3n) is 4.50. The van der Waals surface area contributed by atoms with Gasteiger partial charge in [0, 0.05) is 18.0 Å². The molecule has 5 nitrogen and oxygen atoms in total. The highest BCUT2D eigenvalue weighted by Crippen LogP contribution is 2.44. The summed E-state index contributed by atoms with van der Waals surface area (Å²) < 4.78 is 47.9. The molecule has 1 aliphatic heterocycles. The summed E-state index contributed by atoms with van der Waals surface area (Å²) in [5.74, 6) is -1.39. The first-order valence-corrected chi connectivity index (χ1v) is 8.11. The minimum Gasteiger partial charge on any atom is -0.441 e. The standard InChI is InChI=1S/C18H15F3N2O3/c19-14-2-1-12(6-15(14)25-16(20)21)13-5-11(7-22-8-13)9-23-10-18(3-4-18)26-17(23)24/h1-2,5-8,16H,3-4,9-10H2. The molecule has 1 spiro atoms. The Morgan fingerprint density at radius 3 is 2.73 bits per heavy atom. The summed E-state index contributed by atoms with van der Waals surface area (Å²) in [5.41, 5.74) is 1.55. The number of ether oxygens (including phenoxy) is 2. The molecule has 1 saturated heterocycles. The van der Waals surface area contributed by atoms with E-state index in [-0.39, 0.29) is 11.7 Å². The Kier molecular flexibility index (Phi) is 3.97. The van der Waals surface area contributed by atoms with E-state index in [9.17, 15) is 18.0 Å². The fraction of sp³-hybridized carbons (Fsp3) is 0.333. The fourth-order valence-corrected chi connectivity index (χ4v) is 3.04. The molecule has 2 aliphatic rings. The van der Waals surface area contributed by atoms with Crippen LogP contribution in [0.5, 0.6) is 5.75 Å². The Balaban J connectivity index is 1.55. The normalized spacial score (nSPS) is 17.7. The second kappa shape index (κ2) is 6.19. The summed E-state index contributed by atoms with van der Waals surface area (Å²) in [4.78, 5) is 17.7. The van der Waals surface area contributed by atoms with Crippen LogP contribution in [-0.2, 0) is 11.3 Å². The lowest BCUT2D eigenvalue weighted by Gasteiger charge is -2.13. The van der Waals surface area contributed by atoms with Crippen molar-refractivity contribution in [3.8, 4) is 16.9 Å². The van der Waals surface area contributed by atoms with Crippen molar-refractivity contribution in [2.24, 2.45) is 0 Å². The van der Waals surface area contributed by atoms with Gasteiger partial charge in [0.2, 0.25) is 0 Å². The molecule has 0 atom stereocenters. The Morgan fingerprint density at radius 2 is 2.04 bits per heavy atom. The highest BCUT2D eigenvalue weighted by molar-refractivity contribution is 5.71. The van der Waals surface area contributed by atoms with Gasteiger partial charge in [-0.15, -0.1) is 0 Å². The van der Waals surface area contributed by atoms with Crippen LogP contribution >= 0.6 is 0 Å². The minimum absolute atomic E-state index is 0.305. The van der Waals surface area contributed by atoms with E-state index in [1.54, 1.807) is 17.2 Å². The lowest BCUT2D eigenvalue weighted by Crippen LogP contribution is -2.25. The number of alkyl halides is 2. The van der Waals surface area contributed by atoms with Gasteiger partial charge in [-0.2, -0.15) is 8.78 Å². The quantitative estimate of drug-likeness (QED) is 0.806. The van der Waals surface area contributed by atoms with E-state index in [4.69, 9.17) is 4.74 Å². The van der Waals surface area contributed by atoms with E-state index in [1.807, 2.05) is 0 Å². The molecular weight excluding hydrogens is 349 g/mol. The lowest BCUT2D eigenvalue weighted by molar-refractivity contribution is -0.0521. The van der Waals surface area contributed by atoms with Crippen LogP contribution in [0.2, 0.25) is 0 Å². The molecular formula is C18H15F3N2O3. The van der Waals surface area contributed by atoms with E-state index < -0.39 is 18.2 Å². The maximum Gasteiger partial charge on any atom is 0.410 e. The Hall–Kier alpha value is -2.77. The molecule has 0 unspecified atom stereocenters. The number of rotatable bonds is 5. The number of carbonyl (C=O) groups is 1. The third-order valence-corrected chi connectivity index (χ3v) is 4.50. The van der Waals surface area contributed by atoms with Gasteiger partial charge in [-0.25, -0.2) is 9.18 Å². The number of nitrogens with zero attached hydrogens (tertiary/aromatic N) is 2. The van der Waals surface area contributed by atoms with Gasteiger partial charge in [-0.05, 0) is 42.2 Å². The number of halogens is 3. The Morgan fingerprint density at radius 1 is 1.23 bits per heavy atom. The molecule has 2 aromatic rings. The van der Waals surface area contributed by atoms with Crippen molar-refractivity contribution in [3.63, 3.8) is 0 Å². The number of pyridine rings is 1. The minimum atomic E-state index is -3.11. The molecule has 136 valence electrons. The van der Waals surface area contributed by atoms with Crippen molar-refractivity contribution in [2.45, 2.75) is 31.6 Å². The number of benzene rings is 1. The summed E-state index contributed by atoms with van der Waals surface area (Å²) >= 11 is 0. The van der Waals surface area contributed by atoms with E-state index in [2.05, 4.69) is 9.72 Å². The number of carbonyl (C=O) groups excluding carboxylic acids is 1. The second-order valence-corrected chi connectivity index (χ2v) is 6.51. The summed E-state index contributed by atoms with van der Waals surface area (Å²) in [7, 11) is 0. The van der Waals surface area contributed by atoms with Crippen molar-refractivity contribution in [1.82, 2.24) is 9.88 Å². The average Bonchev–Trinajstić information content (AvgIpc) is 3.27. The number of aromatic nitrogens is 1. The third kappa shape index (κ3) is 3.31. The van der Waals surface area contributed by atoms with Crippen molar-refractivity contribution >= 4 is 6.09 Å². The molecule has 0 radical (unpaired) electrons. The van der Waals surface area contributed by atoms with Gasteiger partial charge in [0.1, 0.15) is 5.60 Å². The SMILES string of the molecule is O=C1OC2(CC2)CN1Cc1cncc(-c2ccc(F)c(OC(F)F)c2)c1. The maximum absolute atomic E-state index is 13.6. The molecule has 0 N–H and O–H groups in total. The maximum atomic E-state index is 13.6. The van der Waals surface area contributed by atoms with Gasteiger partial charge in [0.25, 0.3) is 0 Å². The van der Waals surface area contributed by atoms with E-state index >= 15 is 0 Å². The van der Waals surface area contributed by atoms with Crippen LogP contribution in [-0.4, -0.2) is 34.7 Å². The summed E-state index contributed by atoms with van der Waals surface area (Å²) in [5, 5.41) is 0. The Labute approximate surface area is 147 Å². The predicted molar refractivity (Wildman–Crippen MR) is 85.1 cm³/mol. The van der Waals surface area contributed by atoms with Crippen molar-refractivity contribution < 1.29 is 27.4 Å². The molecule has 1 aliphatic carbocycles. The zero-order valence-corrected chi connectivity index (χ0v) is 13.6. The highest BCUT2D eigenvalue weighted by atomic mass is 19.3. The summed E-state index contributed by atoms with van der Waals surface area (Å²) in [6, 6.07) is 5.50. The van der Waals surface area contributed by atoms with Gasteiger partial charge < -0.3 is 9.47 Å². The largest absolute Gasteiger partial charge is 0.441 e. The zero-order valence-electron chi connectivity index (χ0n) is 13.6. The molecule has 8 heteroatoms. The van der Waals surface area contributed by atoms with Crippen molar-refractivity contribution in [1.29, 1.82) is 0 Å². The summed E-state index contributed by atoms with van der Waals surface area (Å²) in [6.45, 7) is -2.22. The first-order chi connectivity index (χ1) is 12.4. The number of hydrogen-bond acceptors (Lipinski definition) is 4. The van der Waals surface area contributed by atoms with E-state index in [1.165, 1.54) is 18.3 Å². The first kappa shape index (κ1) is 16.7. The van der Waals surface area contributed by atoms with Crippen LogP contribution in [0.1, 0.15) is 18.4 Å². The van der Waals surface area contributed by atoms with Gasteiger partial charge in [0.15, 0.2) is 11.6 Å². The van der Waals surface area contributed by atoms with Crippen LogP contribution in [0.15, 0.2) is 36.7 Å². The molecule has 1 saturated carbocycles.